The van der Waals surface area contributed by atoms with Crippen molar-refractivity contribution in [2.45, 2.75) is 19.9 Å². The number of rotatable bonds is 2. The van der Waals surface area contributed by atoms with E-state index < -0.39 is 0 Å². The van der Waals surface area contributed by atoms with Crippen molar-refractivity contribution in [3.8, 4) is 0 Å². The summed E-state index contributed by atoms with van der Waals surface area (Å²) < 4.78 is 0. The van der Waals surface area contributed by atoms with Gasteiger partial charge in [0, 0.05) is 26.3 Å². The monoisotopic (exact) mass is 179 g/mol. The molecule has 0 aliphatic rings. The fourth-order valence-electron chi connectivity index (χ4n) is 1.31. The Balaban J connectivity index is 3.06. The van der Waals surface area contributed by atoms with Crippen molar-refractivity contribution in [1.82, 2.24) is 4.98 Å². The molecule has 0 unspecified atom stereocenters. The van der Waals surface area contributed by atoms with E-state index in [1.807, 2.05) is 39.0 Å². The quantitative estimate of drug-likeness (QED) is 0.747. The Morgan fingerprint density at radius 2 is 2.08 bits per heavy atom. The normalized spacial score (nSPS) is 12.7. The first-order valence-corrected chi connectivity index (χ1v) is 4.42. The molecule has 0 fully saturated rings. The highest BCUT2D eigenvalue weighted by atomic mass is 15.1. The maximum atomic E-state index is 5.76. The third kappa shape index (κ3) is 2.18. The van der Waals surface area contributed by atoms with Crippen molar-refractivity contribution < 1.29 is 0 Å². The summed E-state index contributed by atoms with van der Waals surface area (Å²) in [6, 6.07) is 2.15. The van der Waals surface area contributed by atoms with Crippen molar-refractivity contribution in [3.63, 3.8) is 0 Å². The average molecular weight is 179 g/mol. The molecule has 72 valence electrons. The largest absolute Gasteiger partial charge is 0.363 e. The van der Waals surface area contributed by atoms with Crippen molar-refractivity contribution in [3.05, 3.63) is 23.4 Å². The van der Waals surface area contributed by atoms with Crippen molar-refractivity contribution in [2.75, 3.05) is 19.0 Å². The van der Waals surface area contributed by atoms with E-state index in [4.69, 9.17) is 5.73 Å². The predicted molar refractivity (Wildman–Crippen MR) is 55.9 cm³/mol. The first-order chi connectivity index (χ1) is 6.02. The summed E-state index contributed by atoms with van der Waals surface area (Å²) >= 11 is 0. The van der Waals surface area contributed by atoms with E-state index >= 15 is 0 Å². The van der Waals surface area contributed by atoms with Gasteiger partial charge in [-0.05, 0) is 31.0 Å². The number of hydrogen-bond acceptors (Lipinski definition) is 3. The first kappa shape index (κ1) is 9.99. The van der Waals surface area contributed by atoms with Gasteiger partial charge < -0.3 is 10.6 Å². The summed E-state index contributed by atoms with van der Waals surface area (Å²) in [4.78, 5) is 6.35. The van der Waals surface area contributed by atoms with Crippen LogP contribution in [0.5, 0.6) is 0 Å². The molecule has 3 nitrogen and oxygen atoms in total. The maximum Gasteiger partial charge on any atom is 0.130 e. The molecule has 0 aromatic carbocycles. The molecule has 0 spiro atoms. The minimum absolute atomic E-state index is 0.0578. The minimum Gasteiger partial charge on any atom is -0.363 e. The number of aryl methyl sites for hydroxylation is 1. The van der Waals surface area contributed by atoms with Crippen molar-refractivity contribution >= 4 is 5.82 Å². The minimum atomic E-state index is 0.0578. The van der Waals surface area contributed by atoms with Crippen LogP contribution in [0.2, 0.25) is 0 Å². The fraction of sp³-hybridized carbons (Fsp3) is 0.500. The lowest BCUT2D eigenvalue weighted by Gasteiger charge is -2.15. The molecule has 0 amide bonds. The topological polar surface area (TPSA) is 42.1 Å². The van der Waals surface area contributed by atoms with Crippen molar-refractivity contribution in [1.29, 1.82) is 0 Å². The Bertz CT molecular complexity index is 292. The van der Waals surface area contributed by atoms with Crippen LogP contribution in [0.4, 0.5) is 5.82 Å². The summed E-state index contributed by atoms with van der Waals surface area (Å²) in [6.45, 7) is 4.01. The Labute approximate surface area is 79.6 Å². The van der Waals surface area contributed by atoms with Gasteiger partial charge in [-0.3, -0.25) is 0 Å². The van der Waals surface area contributed by atoms with Crippen LogP contribution in [-0.2, 0) is 0 Å². The van der Waals surface area contributed by atoms with Gasteiger partial charge in [-0.15, -0.1) is 0 Å². The highest BCUT2D eigenvalue weighted by Crippen LogP contribution is 2.18. The molecule has 0 aliphatic heterocycles. The van der Waals surface area contributed by atoms with Crippen LogP contribution in [0.15, 0.2) is 12.3 Å². The molecule has 2 N–H and O–H groups in total. The fourth-order valence-corrected chi connectivity index (χ4v) is 1.31. The number of anilines is 1. The van der Waals surface area contributed by atoms with E-state index in [1.54, 1.807) is 0 Å². The molecule has 1 aromatic rings. The van der Waals surface area contributed by atoms with Crippen LogP contribution in [0.3, 0.4) is 0 Å². The Morgan fingerprint density at radius 3 is 2.46 bits per heavy atom. The SMILES string of the molecule is Cc1cc([C@@H](C)N)cnc1N(C)C. The molecule has 0 saturated heterocycles. The molecular weight excluding hydrogens is 162 g/mol. The third-order valence-electron chi connectivity index (χ3n) is 2.02. The number of aromatic nitrogens is 1. The number of nitrogens with zero attached hydrogens (tertiary/aromatic N) is 2. The molecule has 1 heterocycles. The van der Waals surface area contributed by atoms with Gasteiger partial charge in [-0.2, -0.15) is 0 Å². The van der Waals surface area contributed by atoms with Gasteiger partial charge >= 0.3 is 0 Å². The second-order valence-electron chi connectivity index (χ2n) is 3.59. The number of pyridine rings is 1. The lowest BCUT2D eigenvalue weighted by atomic mass is 10.1. The zero-order valence-electron chi connectivity index (χ0n) is 8.70. The molecule has 0 bridgehead atoms. The molecule has 0 aliphatic carbocycles. The standard InChI is InChI=1S/C10H17N3/c1-7-5-9(8(2)11)6-12-10(7)13(3)4/h5-6,8H,11H2,1-4H3/t8-/m1/s1. The van der Waals surface area contributed by atoms with Gasteiger partial charge in [0.15, 0.2) is 0 Å². The smallest absolute Gasteiger partial charge is 0.130 e. The summed E-state index contributed by atoms with van der Waals surface area (Å²) in [6.07, 6.45) is 1.84. The van der Waals surface area contributed by atoms with E-state index in [9.17, 15) is 0 Å². The molecule has 1 aromatic heterocycles. The zero-order valence-corrected chi connectivity index (χ0v) is 8.70. The van der Waals surface area contributed by atoms with E-state index in [2.05, 4.69) is 11.1 Å². The zero-order chi connectivity index (χ0) is 10.0. The van der Waals surface area contributed by atoms with Crippen LogP contribution in [-0.4, -0.2) is 19.1 Å². The maximum absolute atomic E-state index is 5.76. The first-order valence-electron chi connectivity index (χ1n) is 4.42. The molecule has 3 heteroatoms. The van der Waals surface area contributed by atoms with Gasteiger partial charge in [0.25, 0.3) is 0 Å². The molecule has 0 saturated carbocycles. The summed E-state index contributed by atoms with van der Waals surface area (Å²) in [7, 11) is 3.97. The van der Waals surface area contributed by atoms with Crippen LogP contribution >= 0.6 is 0 Å². The van der Waals surface area contributed by atoms with Gasteiger partial charge in [-0.25, -0.2) is 4.98 Å². The third-order valence-corrected chi connectivity index (χ3v) is 2.02. The highest BCUT2D eigenvalue weighted by Gasteiger charge is 2.05. The molecular formula is C10H17N3. The van der Waals surface area contributed by atoms with Gasteiger partial charge in [0.2, 0.25) is 0 Å². The van der Waals surface area contributed by atoms with Gasteiger partial charge in [0.05, 0.1) is 0 Å². The summed E-state index contributed by atoms with van der Waals surface area (Å²) in [5.41, 5.74) is 8.01. The summed E-state index contributed by atoms with van der Waals surface area (Å²) in [5, 5.41) is 0. The summed E-state index contributed by atoms with van der Waals surface area (Å²) in [5.74, 6) is 1.00. The van der Waals surface area contributed by atoms with Crippen LogP contribution < -0.4 is 10.6 Å². The Morgan fingerprint density at radius 1 is 1.46 bits per heavy atom. The molecule has 0 radical (unpaired) electrons. The lowest BCUT2D eigenvalue weighted by Crippen LogP contribution is -2.13. The van der Waals surface area contributed by atoms with Crippen LogP contribution in [0.1, 0.15) is 24.1 Å². The van der Waals surface area contributed by atoms with Crippen LogP contribution in [0.25, 0.3) is 0 Å². The molecule has 13 heavy (non-hydrogen) atoms. The second kappa shape index (κ2) is 3.75. The second-order valence-corrected chi connectivity index (χ2v) is 3.59. The van der Waals surface area contributed by atoms with Gasteiger partial charge in [0.1, 0.15) is 5.82 Å². The lowest BCUT2D eigenvalue weighted by molar-refractivity contribution is 0.808. The molecule has 1 rings (SSSR count). The van der Waals surface area contributed by atoms with Crippen molar-refractivity contribution in [2.24, 2.45) is 5.73 Å². The average Bonchev–Trinajstić information content (AvgIpc) is 2.03. The Hall–Kier alpha value is -1.09. The Kier molecular flexibility index (Phi) is 2.88. The molecule has 1 atom stereocenters. The van der Waals surface area contributed by atoms with E-state index in [0.29, 0.717) is 0 Å². The van der Waals surface area contributed by atoms with Gasteiger partial charge in [-0.1, -0.05) is 0 Å². The van der Waals surface area contributed by atoms with Crippen LogP contribution in [0, 0.1) is 6.92 Å². The van der Waals surface area contributed by atoms with E-state index in [0.717, 1.165) is 11.4 Å². The van der Waals surface area contributed by atoms with E-state index in [-0.39, 0.29) is 6.04 Å². The van der Waals surface area contributed by atoms with E-state index in [1.165, 1.54) is 5.56 Å². The number of hydrogen-bond donors (Lipinski definition) is 1. The highest BCUT2D eigenvalue weighted by molar-refractivity contribution is 5.46. The number of nitrogens with two attached hydrogens (primary N) is 1. The predicted octanol–water partition coefficient (Wildman–Crippen LogP) is 1.48.